The third-order valence-electron chi connectivity index (χ3n) is 7.98. The summed E-state index contributed by atoms with van der Waals surface area (Å²) < 4.78 is 1.82. The lowest BCUT2D eigenvalue weighted by molar-refractivity contribution is 1.06. The van der Waals surface area contributed by atoms with Gasteiger partial charge in [0.1, 0.15) is 0 Å². The largest absolute Gasteiger partial charge is 0.276 e. The lowest BCUT2D eigenvalue weighted by Crippen LogP contribution is -2.19. The molecular formula is C37H23NO. The van der Waals surface area contributed by atoms with E-state index in [2.05, 4.69) is 84.9 Å². The van der Waals surface area contributed by atoms with Crippen LogP contribution in [0.15, 0.2) is 144 Å². The average Bonchev–Trinajstić information content (AvgIpc) is 3.01. The van der Waals surface area contributed by atoms with Gasteiger partial charge in [0.15, 0.2) is 0 Å². The molecule has 0 radical (unpaired) electrons. The zero-order chi connectivity index (χ0) is 25.9. The molecule has 8 rings (SSSR count). The Morgan fingerprint density at radius 1 is 0.359 bits per heavy atom. The molecule has 0 N–H and O–H groups in total. The molecule has 0 saturated carbocycles. The maximum Gasteiger partial charge on any atom is 0.263 e. The summed E-state index contributed by atoms with van der Waals surface area (Å²) in [6.07, 6.45) is 0. The molecule has 0 saturated heterocycles. The van der Waals surface area contributed by atoms with Crippen molar-refractivity contribution in [2.75, 3.05) is 0 Å². The molecule has 0 unspecified atom stereocenters. The van der Waals surface area contributed by atoms with Gasteiger partial charge < -0.3 is 0 Å². The van der Waals surface area contributed by atoms with E-state index in [1.54, 1.807) is 0 Å². The summed E-state index contributed by atoms with van der Waals surface area (Å²) >= 11 is 0. The molecule has 1 heterocycles. The van der Waals surface area contributed by atoms with Crippen molar-refractivity contribution < 1.29 is 0 Å². The van der Waals surface area contributed by atoms with Crippen molar-refractivity contribution in [1.82, 2.24) is 4.57 Å². The molecule has 0 bridgehead atoms. The van der Waals surface area contributed by atoms with Gasteiger partial charge in [-0.25, -0.2) is 0 Å². The van der Waals surface area contributed by atoms with Gasteiger partial charge in [0, 0.05) is 16.5 Å². The van der Waals surface area contributed by atoms with Crippen molar-refractivity contribution in [2.45, 2.75) is 0 Å². The molecule has 0 aliphatic heterocycles. The van der Waals surface area contributed by atoms with Crippen LogP contribution in [-0.2, 0) is 0 Å². The van der Waals surface area contributed by atoms with E-state index in [1.807, 2.05) is 59.2 Å². The van der Waals surface area contributed by atoms with Gasteiger partial charge in [-0.15, -0.1) is 0 Å². The Labute approximate surface area is 225 Å². The minimum atomic E-state index is -0.00238. The Morgan fingerprint density at radius 2 is 0.795 bits per heavy atom. The van der Waals surface area contributed by atoms with E-state index < -0.39 is 0 Å². The van der Waals surface area contributed by atoms with E-state index >= 15 is 0 Å². The first-order valence-corrected chi connectivity index (χ1v) is 13.2. The van der Waals surface area contributed by atoms with Crippen molar-refractivity contribution in [3.8, 4) is 16.8 Å². The molecule has 0 aliphatic carbocycles. The molecule has 182 valence electrons. The third kappa shape index (κ3) is 3.25. The highest BCUT2D eigenvalue weighted by Gasteiger charge is 2.14. The van der Waals surface area contributed by atoms with E-state index in [-0.39, 0.29) is 5.56 Å². The van der Waals surface area contributed by atoms with Crippen LogP contribution in [0.3, 0.4) is 0 Å². The number of hydrogen-bond donors (Lipinski definition) is 0. The summed E-state index contributed by atoms with van der Waals surface area (Å²) in [4.78, 5) is 13.8. The summed E-state index contributed by atoms with van der Waals surface area (Å²) in [5, 5.41) is 10.3. The van der Waals surface area contributed by atoms with Gasteiger partial charge in [-0.2, -0.15) is 0 Å². The minimum Gasteiger partial charge on any atom is -0.276 e. The predicted octanol–water partition coefficient (Wildman–Crippen LogP) is 9.27. The van der Waals surface area contributed by atoms with Crippen LogP contribution in [0.25, 0.3) is 70.8 Å². The van der Waals surface area contributed by atoms with Crippen LogP contribution in [0.4, 0.5) is 0 Å². The van der Waals surface area contributed by atoms with Gasteiger partial charge in [-0.05, 0) is 85.2 Å². The Bertz CT molecular complexity index is 2260. The first-order chi connectivity index (χ1) is 19.3. The molecule has 7 aromatic carbocycles. The molecular weight excluding hydrogens is 474 g/mol. The molecule has 1 aromatic heterocycles. The molecule has 0 spiro atoms. The number of pyridine rings is 1. The number of fused-ring (bicyclic) bond motifs is 9. The molecule has 8 aromatic rings. The van der Waals surface area contributed by atoms with Crippen LogP contribution in [-0.4, -0.2) is 4.57 Å². The summed E-state index contributed by atoms with van der Waals surface area (Å²) in [5.41, 5.74) is 4.02. The summed E-state index contributed by atoms with van der Waals surface area (Å²) in [7, 11) is 0. The van der Waals surface area contributed by atoms with E-state index in [4.69, 9.17) is 0 Å². The van der Waals surface area contributed by atoms with Crippen molar-refractivity contribution in [3.05, 3.63) is 150 Å². The molecule has 0 aliphatic rings. The van der Waals surface area contributed by atoms with E-state index in [0.29, 0.717) is 0 Å². The fourth-order valence-electron chi connectivity index (χ4n) is 6.18. The summed E-state index contributed by atoms with van der Waals surface area (Å²) in [6, 6.07) is 48.4. The van der Waals surface area contributed by atoms with Crippen molar-refractivity contribution in [2.24, 2.45) is 0 Å². The molecule has 0 amide bonds. The van der Waals surface area contributed by atoms with Gasteiger partial charge in [0.2, 0.25) is 0 Å². The fourth-order valence-corrected chi connectivity index (χ4v) is 6.18. The third-order valence-corrected chi connectivity index (χ3v) is 7.98. The second-order valence-corrected chi connectivity index (χ2v) is 10.1. The first-order valence-electron chi connectivity index (χ1n) is 13.2. The van der Waals surface area contributed by atoms with E-state index in [1.165, 1.54) is 32.3 Å². The predicted molar refractivity (Wildman–Crippen MR) is 165 cm³/mol. The van der Waals surface area contributed by atoms with Gasteiger partial charge >= 0.3 is 0 Å². The monoisotopic (exact) mass is 497 g/mol. The molecule has 2 heteroatoms. The van der Waals surface area contributed by atoms with Crippen LogP contribution < -0.4 is 5.56 Å². The normalized spacial score (nSPS) is 11.7. The molecule has 0 fully saturated rings. The fraction of sp³-hybridized carbons (Fsp3) is 0. The Kier molecular flexibility index (Phi) is 4.71. The van der Waals surface area contributed by atoms with Crippen molar-refractivity contribution in [1.29, 1.82) is 0 Å². The van der Waals surface area contributed by atoms with Crippen LogP contribution >= 0.6 is 0 Å². The molecule has 39 heavy (non-hydrogen) atoms. The maximum atomic E-state index is 13.8. The van der Waals surface area contributed by atoms with Gasteiger partial charge in [-0.3, -0.25) is 9.36 Å². The lowest BCUT2D eigenvalue weighted by Gasteiger charge is -2.15. The summed E-state index contributed by atoms with van der Waals surface area (Å²) in [5.74, 6) is 0. The number of hydrogen-bond acceptors (Lipinski definition) is 1. The maximum absolute atomic E-state index is 13.8. The highest BCUT2D eigenvalue weighted by atomic mass is 16.1. The van der Waals surface area contributed by atoms with Crippen LogP contribution in [0.5, 0.6) is 0 Å². The van der Waals surface area contributed by atoms with Gasteiger partial charge in [0.25, 0.3) is 5.56 Å². The SMILES string of the molecule is O=c1c2ccc(-c3ccc4c5ccccc5c5ccccc5c4c3)cc2c2ccccc2n1-c1ccccc1. The van der Waals surface area contributed by atoms with Crippen LogP contribution in [0.2, 0.25) is 0 Å². The minimum absolute atomic E-state index is 0.00238. The van der Waals surface area contributed by atoms with Gasteiger partial charge in [-0.1, -0.05) is 103 Å². The van der Waals surface area contributed by atoms with Crippen molar-refractivity contribution >= 4 is 54.0 Å². The van der Waals surface area contributed by atoms with Crippen LogP contribution in [0.1, 0.15) is 0 Å². The standard InChI is InChI=1S/C37H23NO/c39-37-33-21-19-25(23-35(33)32-16-8-9-17-36(32)38(37)26-10-2-1-3-11-26)24-18-20-31-29-14-5-4-12-27(29)28-13-6-7-15-30(28)34(31)22-24/h1-23H. The molecule has 0 atom stereocenters. The number of nitrogens with zero attached hydrogens (tertiary/aromatic N) is 1. The number of para-hydroxylation sites is 2. The molecule has 2 nitrogen and oxygen atoms in total. The lowest BCUT2D eigenvalue weighted by atomic mass is 9.91. The Balaban J connectivity index is 1.41. The quantitative estimate of drug-likeness (QED) is 0.218. The van der Waals surface area contributed by atoms with Crippen LogP contribution in [0, 0.1) is 0 Å². The Morgan fingerprint density at radius 3 is 1.41 bits per heavy atom. The van der Waals surface area contributed by atoms with Crippen molar-refractivity contribution in [3.63, 3.8) is 0 Å². The zero-order valence-corrected chi connectivity index (χ0v) is 21.1. The zero-order valence-electron chi connectivity index (χ0n) is 21.1. The topological polar surface area (TPSA) is 22.0 Å². The second kappa shape index (κ2) is 8.41. The smallest absolute Gasteiger partial charge is 0.263 e. The first kappa shape index (κ1) is 21.8. The highest BCUT2D eigenvalue weighted by Crippen LogP contribution is 2.37. The van der Waals surface area contributed by atoms with Gasteiger partial charge in [0.05, 0.1) is 5.52 Å². The van der Waals surface area contributed by atoms with E-state index in [0.717, 1.165) is 38.5 Å². The number of aromatic nitrogens is 1. The Hall–Kier alpha value is -5.21. The number of benzene rings is 7. The average molecular weight is 498 g/mol. The van der Waals surface area contributed by atoms with E-state index in [9.17, 15) is 4.79 Å². The summed E-state index contributed by atoms with van der Waals surface area (Å²) in [6.45, 7) is 0. The highest BCUT2D eigenvalue weighted by molar-refractivity contribution is 6.25. The second-order valence-electron chi connectivity index (χ2n) is 10.1. The number of rotatable bonds is 2.